The molecule has 2 aromatic rings. The minimum atomic E-state index is -0.215. The summed E-state index contributed by atoms with van der Waals surface area (Å²) in [6, 6.07) is 1.71. The average molecular weight is 191 g/mol. The Labute approximate surface area is 82.4 Å². The summed E-state index contributed by atoms with van der Waals surface area (Å²) in [5, 5.41) is 0. The summed E-state index contributed by atoms with van der Waals surface area (Å²) < 4.78 is 7.12. The van der Waals surface area contributed by atoms with Crippen molar-refractivity contribution < 1.29 is 4.42 Å². The number of aryl methyl sites for hydroxylation is 2. The minimum Gasteiger partial charge on any atom is -0.469 e. The number of aromatic nitrogens is 2. The summed E-state index contributed by atoms with van der Waals surface area (Å²) in [7, 11) is 1.93. The molecule has 2 N–H and O–H groups in total. The fourth-order valence-electron chi connectivity index (χ4n) is 1.45. The van der Waals surface area contributed by atoms with Gasteiger partial charge in [0.1, 0.15) is 11.6 Å². The van der Waals surface area contributed by atoms with Gasteiger partial charge in [-0.3, -0.25) is 0 Å². The lowest BCUT2D eigenvalue weighted by atomic mass is 10.1. The molecule has 0 radical (unpaired) electrons. The maximum Gasteiger partial charge on any atom is 0.130 e. The number of furan rings is 1. The minimum absolute atomic E-state index is 0.215. The van der Waals surface area contributed by atoms with Gasteiger partial charge in [0, 0.05) is 25.0 Å². The summed E-state index contributed by atoms with van der Waals surface area (Å²) in [5.74, 6) is 1.70. The van der Waals surface area contributed by atoms with E-state index in [0.29, 0.717) is 0 Å². The Morgan fingerprint density at radius 3 is 2.86 bits per heavy atom. The fraction of sp³-hybridized carbons (Fsp3) is 0.300. The van der Waals surface area contributed by atoms with Crippen molar-refractivity contribution in [1.82, 2.24) is 9.55 Å². The van der Waals surface area contributed by atoms with Crippen LogP contribution >= 0.6 is 0 Å². The molecule has 1 atom stereocenters. The van der Waals surface area contributed by atoms with Crippen molar-refractivity contribution in [3.63, 3.8) is 0 Å². The highest BCUT2D eigenvalue weighted by molar-refractivity contribution is 5.22. The monoisotopic (exact) mass is 191 g/mol. The standard InChI is InChI=1S/C10H13N3O/c1-7-5-8(6-14-7)9(11)10-12-3-4-13(10)2/h3-6,9H,11H2,1-2H3. The highest BCUT2D eigenvalue weighted by atomic mass is 16.3. The van der Waals surface area contributed by atoms with E-state index >= 15 is 0 Å². The van der Waals surface area contributed by atoms with Crippen LogP contribution in [-0.2, 0) is 7.05 Å². The highest BCUT2D eigenvalue weighted by Crippen LogP contribution is 2.19. The summed E-state index contributed by atoms with van der Waals surface area (Å²) in [4.78, 5) is 4.20. The van der Waals surface area contributed by atoms with Gasteiger partial charge >= 0.3 is 0 Å². The average Bonchev–Trinajstić information content (AvgIpc) is 2.73. The van der Waals surface area contributed by atoms with E-state index in [1.165, 1.54) is 0 Å². The predicted octanol–water partition coefficient (Wildman–Crippen LogP) is 1.37. The second-order valence-corrected chi connectivity index (χ2v) is 3.36. The van der Waals surface area contributed by atoms with Crippen molar-refractivity contribution in [2.75, 3.05) is 0 Å². The van der Waals surface area contributed by atoms with Crippen LogP contribution in [0.15, 0.2) is 29.1 Å². The van der Waals surface area contributed by atoms with Crippen molar-refractivity contribution in [2.45, 2.75) is 13.0 Å². The molecule has 2 heterocycles. The van der Waals surface area contributed by atoms with Crippen LogP contribution < -0.4 is 5.73 Å². The predicted molar refractivity (Wildman–Crippen MR) is 52.7 cm³/mol. The maximum absolute atomic E-state index is 6.03. The Hall–Kier alpha value is -1.55. The molecule has 0 fully saturated rings. The molecular formula is C10H13N3O. The zero-order chi connectivity index (χ0) is 10.1. The molecule has 14 heavy (non-hydrogen) atoms. The lowest BCUT2D eigenvalue weighted by molar-refractivity contribution is 0.529. The molecule has 0 saturated heterocycles. The first-order chi connectivity index (χ1) is 6.68. The van der Waals surface area contributed by atoms with Crippen LogP contribution in [-0.4, -0.2) is 9.55 Å². The fourth-order valence-corrected chi connectivity index (χ4v) is 1.45. The van der Waals surface area contributed by atoms with Crippen LogP contribution in [0.25, 0.3) is 0 Å². The number of nitrogens with zero attached hydrogens (tertiary/aromatic N) is 2. The zero-order valence-corrected chi connectivity index (χ0v) is 8.27. The zero-order valence-electron chi connectivity index (χ0n) is 8.27. The normalized spacial score (nSPS) is 13.1. The van der Waals surface area contributed by atoms with Crippen molar-refractivity contribution in [2.24, 2.45) is 12.8 Å². The van der Waals surface area contributed by atoms with Gasteiger partial charge in [0.05, 0.1) is 12.3 Å². The summed E-state index contributed by atoms with van der Waals surface area (Å²) in [5.41, 5.74) is 6.99. The second-order valence-electron chi connectivity index (χ2n) is 3.36. The van der Waals surface area contributed by atoms with Crippen LogP contribution in [0.5, 0.6) is 0 Å². The Morgan fingerprint density at radius 1 is 1.57 bits per heavy atom. The van der Waals surface area contributed by atoms with Gasteiger partial charge in [0.2, 0.25) is 0 Å². The van der Waals surface area contributed by atoms with Gasteiger partial charge < -0.3 is 14.7 Å². The van der Waals surface area contributed by atoms with Gasteiger partial charge in [-0.1, -0.05) is 0 Å². The summed E-state index contributed by atoms with van der Waals surface area (Å²) >= 11 is 0. The molecule has 0 aromatic carbocycles. The number of hydrogen-bond acceptors (Lipinski definition) is 3. The number of hydrogen-bond donors (Lipinski definition) is 1. The third-order valence-corrected chi connectivity index (χ3v) is 2.25. The van der Waals surface area contributed by atoms with E-state index < -0.39 is 0 Å². The molecule has 2 rings (SSSR count). The Kier molecular flexibility index (Phi) is 2.13. The van der Waals surface area contributed by atoms with Crippen LogP contribution in [0.2, 0.25) is 0 Å². The van der Waals surface area contributed by atoms with Gasteiger partial charge in [-0.2, -0.15) is 0 Å². The van der Waals surface area contributed by atoms with Crippen LogP contribution in [0.3, 0.4) is 0 Å². The molecular weight excluding hydrogens is 178 g/mol. The molecule has 0 saturated carbocycles. The van der Waals surface area contributed by atoms with Crippen molar-refractivity contribution in [3.8, 4) is 0 Å². The van der Waals surface area contributed by atoms with Crippen LogP contribution in [0, 0.1) is 6.92 Å². The Bertz CT molecular complexity index is 430. The molecule has 0 aliphatic carbocycles. The first kappa shape index (κ1) is 9.02. The molecule has 0 amide bonds. The SMILES string of the molecule is Cc1cc(C(N)c2nccn2C)co1. The van der Waals surface area contributed by atoms with Gasteiger partial charge in [-0.25, -0.2) is 4.98 Å². The summed E-state index contributed by atoms with van der Waals surface area (Å²) in [6.07, 6.45) is 5.29. The quantitative estimate of drug-likeness (QED) is 0.780. The van der Waals surface area contributed by atoms with Crippen molar-refractivity contribution >= 4 is 0 Å². The molecule has 2 aromatic heterocycles. The van der Waals surface area contributed by atoms with Crippen molar-refractivity contribution in [3.05, 3.63) is 41.9 Å². The third kappa shape index (κ3) is 1.44. The molecule has 0 bridgehead atoms. The van der Waals surface area contributed by atoms with Crippen molar-refractivity contribution in [1.29, 1.82) is 0 Å². The largest absolute Gasteiger partial charge is 0.469 e. The smallest absolute Gasteiger partial charge is 0.130 e. The first-order valence-corrected chi connectivity index (χ1v) is 4.46. The highest BCUT2D eigenvalue weighted by Gasteiger charge is 2.14. The number of nitrogens with two attached hydrogens (primary N) is 1. The molecule has 4 nitrogen and oxygen atoms in total. The number of imidazole rings is 1. The summed E-state index contributed by atoms with van der Waals surface area (Å²) in [6.45, 7) is 1.90. The Balaban J connectivity index is 2.33. The van der Waals surface area contributed by atoms with E-state index in [4.69, 9.17) is 10.2 Å². The molecule has 1 unspecified atom stereocenters. The first-order valence-electron chi connectivity index (χ1n) is 4.46. The lowest BCUT2D eigenvalue weighted by Crippen LogP contribution is -2.15. The molecule has 0 spiro atoms. The van der Waals surface area contributed by atoms with Crippen LogP contribution in [0.1, 0.15) is 23.2 Å². The van der Waals surface area contributed by atoms with Gasteiger partial charge in [0.15, 0.2) is 0 Å². The van der Waals surface area contributed by atoms with E-state index in [-0.39, 0.29) is 6.04 Å². The lowest BCUT2D eigenvalue weighted by Gasteiger charge is -2.08. The van der Waals surface area contributed by atoms with E-state index in [2.05, 4.69) is 4.98 Å². The molecule has 0 aliphatic heterocycles. The second kappa shape index (κ2) is 3.31. The van der Waals surface area contributed by atoms with E-state index in [0.717, 1.165) is 17.1 Å². The number of rotatable bonds is 2. The third-order valence-electron chi connectivity index (χ3n) is 2.25. The topological polar surface area (TPSA) is 57.0 Å². The molecule has 4 heteroatoms. The van der Waals surface area contributed by atoms with E-state index in [9.17, 15) is 0 Å². The van der Waals surface area contributed by atoms with Gasteiger partial charge in [-0.15, -0.1) is 0 Å². The Morgan fingerprint density at radius 2 is 2.36 bits per heavy atom. The van der Waals surface area contributed by atoms with Gasteiger partial charge in [-0.05, 0) is 13.0 Å². The van der Waals surface area contributed by atoms with Crippen LogP contribution in [0.4, 0.5) is 0 Å². The maximum atomic E-state index is 6.03. The molecule has 0 aliphatic rings. The van der Waals surface area contributed by atoms with Gasteiger partial charge in [0.25, 0.3) is 0 Å². The van der Waals surface area contributed by atoms with E-state index in [1.54, 1.807) is 12.5 Å². The molecule has 74 valence electrons. The van der Waals surface area contributed by atoms with E-state index in [1.807, 2.05) is 30.8 Å².